The Hall–Kier alpha value is -0.0600. The lowest BCUT2D eigenvalue weighted by Gasteiger charge is -2.33. The summed E-state index contributed by atoms with van der Waals surface area (Å²) in [6.45, 7) is 8.28. The zero-order valence-electron chi connectivity index (χ0n) is 10.1. The lowest BCUT2D eigenvalue weighted by molar-refractivity contribution is 0.203. The highest BCUT2D eigenvalue weighted by Crippen LogP contribution is 2.23. The van der Waals surface area contributed by atoms with Crippen LogP contribution in [0.2, 0.25) is 0 Å². The summed E-state index contributed by atoms with van der Waals surface area (Å²) in [5.41, 5.74) is 1.32. The molecule has 1 heterocycles. The smallest absolute Gasteiger partial charge is 0.0529 e. The summed E-state index contributed by atoms with van der Waals surface area (Å²) in [4.78, 5) is 2.47. The van der Waals surface area contributed by atoms with Gasteiger partial charge in [-0.1, -0.05) is 34.1 Å². The first kappa shape index (κ1) is 17.9. The molecule has 0 aliphatic carbocycles. The van der Waals surface area contributed by atoms with Crippen molar-refractivity contribution in [3.63, 3.8) is 0 Å². The Kier molecular flexibility index (Phi) is 8.91. The molecule has 0 bridgehead atoms. The summed E-state index contributed by atoms with van der Waals surface area (Å²) < 4.78 is 1.12. The summed E-state index contributed by atoms with van der Waals surface area (Å²) in [5.74, 6) is 0. The topological polar surface area (TPSA) is 15.3 Å². The lowest BCUT2D eigenvalue weighted by atomic mass is 10.0. The first-order valence-electron chi connectivity index (χ1n) is 5.64. The molecule has 1 fully saturated rings. The molecule has 0 spiro atoms. The number of nitrogens with one attached hydrogen (secondary N) is 1. The van der Waals surface area contributed by atoms with Crippen molar-refractivity contribution in [1.29, 1.82) is 0 Å². The molecule has 1 saturated heterocycles. The summed E-state index contributed by atoms with van der Waals surface area (Å²) in [7, 11) is 0. The van der Waals surface area contributed by atoms with Gasteiger partial charge in [0.2, 0.25) is 0 Å². The third-order valence-electron chi connectivity index (χ3n) is 2.98. The van der Waals surface area contributed by atoms with Gasteiger partial charge in [-0.15, -0.1) is 31.4 Å². The van der Waals surface area contributed by atoms with Crippen molar-refractivity contribution in [2.24, 2.45) is 0 Å². The maximum Gasteiger partial charge on any atom is 0.0529 e. The van der Waals surface area contributed by atoms with Crippen LogP contribution in [0.3, 0.4) is 0 Å². The lowest BCUT2D eigenvalue weighted by Crippen LogP contribution is -2.44. The largest absolute Gasteiger partial charge is 0.314 e. The highest BCUT2D eigenvalue weighted by atomic mass is 79.9. The Morgan fingerprint density at radius 2 is 1.72 bits per heavy atom. The highest BCUT2D eigenvalue weighted by Gasteiger charge is 2.18. The fourth-order valence-corrected chi connectivity index (χ4v) is 2.38. The van der Waals surface area contributed by atoms with Crippen molar-refractivity contribution in [1.82, 2.24) is 10.2 Å². The second-order valence-corrected chi connectivity index (χ2v) is 4.93. The van der Waals surface area contributed by atoms with E-state index in [-0.39, 0.29) is 24.8 Å². The van der Waals surface area contributed by atoms with Gasteiger partial charge in [-0.3, -0.25) is 4.90 Å². The molecule has 1 N–H and O–H groups in total. The van der Waals surface area contributed by atoms with E-state index in [2.05, 4.69) is 57.0 Å². The van der Waals surface area contributed by atoms with Crippen molar-refractivity contribution < 1.29 is 0 Å². The molecule has 2 rings (SSSR count). The van der Waals surface area contributed by atoms with E-state index < -0.39 is 0 Å². The van der Waals surface area contributed by atoms with Crippen LogP contribution in [0, 0.1) is 0 Å². The molecule has 0 unspecified atom stereocenters. The molecule has 1 aromatic carbocycles. The minimum atomic E-state index is 0. The molecule has 18 heavy (non-hydrogen) atoms. The van der Waals surface area contributed by atoms with Crippen LogP contribution < -0.4 is 5.32 Å². The predicted molar refractivity (Wildman–Crippen MR) is 86.0 cm³/mol. The van der Waals surface area contributed by atoms with Gasteiger partial charge in [-0.2, -0.15) is 0 Å². The number of nitrogens with zero attached hydrogens (tertiary/aromatic N) is 1. The number of rotatable bonds is 3. The van der Waals surface area contributed by atoms with Gasteiger partial charge >= 0.3 is 0 Å². The Balaban J connectivity index is 0.00000144. The third kappa shape index (κ3) is 4.56. The Morgan fingerprint density at radius 1 is 1.17 bits per heavy atom. The minimum absolute atomic E-state index is 0. The van der Waals surface area contributed by atoms with Crippen LogP contribution >= 0.6 is 40.7 Å². The average molecular weight is 354 g/mol. The van der Waals surface area contributed by atoms with Crippen LogP contribution in [0.5, 0.6) is 0 Å². The summed E-state index contributed by atoms with van der Waals surface area (Å²) in [6.07, 6.45) is 2.04. The molecule has 1 atom stereocenters. The fraction of sp³-hybridized carbons (Fsp3) is 0.385. The van der Waals surface area contributed by atoms with Crippen LogP contribution in [0.25, 0.3) is 0 Å². The van der Waals surface area contributed by atoms with Gasteiger partial charge in [-0.25, -0.2) is 0 Å². The van der Waals surface area contributed by atoms with E-state index in [4.69, 9.17) is 0 Å². The quantitative estimate of drug-likeness (QED) is 0.837. The first-order chi connectivity index (χ1) is 7.81. The van der Waals surface area contributed by atoms with Crippen LogP contribution in [-0.4, -0.2) is 31.1 Å². The number of hydrogen-bond acceptors (Lipinski definition) is 2. The van der Waals surface area contributed by atoms with E-state index in [0.717, 1.165) is 30.7 Å². The highest BCUT2D eigenvalue weighted by molar-refractivity contribution is 9.10. The molecule has 102 valence electrons. The molecular formula is C13H19BrCl2N2. The number of hydrogen-bond donors (Lipinski definition) is 1. The molecule has 1 aliphatic heterocycles. The van der Waals surface area contributed by atoms with Gasteiger partial charge in [-0.05, 0) is 17.7 Å². The Bertz CT molecular complexity index is 351. The minimum Gasteiger partial charge on any atom is -0.314 e. The van der Waals surface area contributed by atoms with E-state index in [9.17, 15) is 0 Å². The summed E-state index contributed by atoms with van der Waals surface area (Å²) in [5, 5.41) is 3.37. The van der Waals surface area contributed by atoms with E-state index in [1.165, 1.54) is 5.56 Å². The Morgan fingerprint density at radius 3 is 2.22 bits per heavy atom. The van der Waals surface area contributed by atoms with Crippen LogP contribution in [0.4, 0.5) is 0 Å². The van der Waals surface area contributed by atoms with E-state index in [0.29, 0.717) is 6.04 Å². The molecule has 1 aromatic rings. The summed E-state index contributed by atoms with van der Waals surface area (Å²) in [6, 6.07) is 8.86. The number of halogens is 3. The summed E-state index contributed by atoms with van der Waals surface area (Å²) >= 11 is 3.46. The van der Waals surface area contributed by atoms with Crippen molar-refractivity contribution in [2.75, 3.05) is 26.2 Å². The number of benzene rings is 1. The molecule has 0 radical (unpaired) electrons. The SMILES string of the molecule is C=C[C@@H](c1ccc(Br)cc1)N1CCNCC1.Cl.Cl. The van der Waals surface area contributed by atoms with E-state index >= 15 is 0 Å². The maximum atomic E-state index is 3.96. The average Bonchev–Trinajstić information content (AvgIpc) is 2.34. The fourth-order valence-electron chi connectivity index (χ4n) is 2.12. The van der Waals surface area contributed by atoms with Crippen molar-refractivity contribution in [3.05, 3.63) is 47.0 Å². The van der Waals surface area contributed by atoms with Gasteiger partial charge in [0.1, 0.15) is 0 Å². The maximum absolute atomic E-state index is 3.96. The van der Waals surface area contributed by atoms with Crippen molar-refractivity contribution in [2.45, 2.75) is 6.04 Å². The molecule has 1 aliphatic rings. The zero-order valence-corrected chi connectivity index (χ0v) is 13.4. The molecule has 0 amide bonds. The third-order valence-corrected chi connectivity index (χ3v) is 3.51. The van der Waals surface area contributed by atoms with Gasteiger partial charge in [0.25, 0.3) is 0 Å². The molecule has 0 aromatic heterocycles. The van der Waals surface area contributed by atoms with Gasteiger partial charge in [0.15, 0.2) is 0 Å². The predicted octanol–water partition coefficient (Wildman–Crippen LogP) is 3.43. The van der Waals surface area contributed by atoms with Crippen LogP contribution in [0.15, 0.2) is 41.4 Å². The first-order valence-corrected chi connectivity index (χ1v) is 6.43. The van der Waals surface area contributed by atoms with Crippen LogP contribution in [0.1, 0.15) is 11.6 Å². The van der Waals surface area contributed by atoms with Gasteiger partial charge in [0.05, 0.1) is 6.04 Å². The molecule has 2 nitrogen and oxygen atoms in total. The zero-order chi connectivity index (χ0) is 11.4. The monoisotopic (exact) mass is 352 g/mol. The molecule has 5 heteroatoms. The molecular weight excluding hydrogens is 335 g/mol. The van der Waals surface area contributed by atoms with Crippen molar-refractivity contribution in [3.8, 4) is 0 Å². The normalized spacial score (nSPS) is 17.2. The second kappa shape index (κ2) is 8.94. The molecule has 0 saturated carbocycles. The van der Waals surface area contributed by atoms with Crippen LogP contribution in [-0.2, 0) is 0 Å². The standard InChI is InChI=1S/C13H17BrN2.2ClH/c1-2-13(16-9-7-15-8-10-16)11-3-5-12(14)6-4-11;;/h2-6,13,15H,1,7-10H2;2*1H/t13-;;/m0../s1. The second-order valence-electron chi connectivity index (χ2n) is 4.02. The van der Waals surface area contributed by atoms with Gasteiger partial charge in [0, 0.05) is 30.7 Å². The number of piperazine rings is 1. The van der Waals surface area contributed by atoms with Crippen molar-refractivity contribution >= 4 is 40.7 Å². The van der Waals surface area contributed by atoms with E-state index in [1.54, 1.807) is 0 Å². The van der Waals surface area contributed by atoms with E-state index in [1.807, 2.05) is 6.08 Å². The Labute approximate surface area is 130 Å². The van der Waals surface area contributed by atoms with Gasteiger partial charge < -0.3 is 5.32 Å².